The fourth-order valence-corrected chi connectivity index (χ4v) is 2.36. The molecule has 0 bridgehead atoms. The second-order valence-electron chi connectivity index (χ2n) is 3.74. The third-order valence-corrected chi connectivity index (χ3v) is 3.18. The Kier molecular flexibility index (Phi) is 3.46. The largest absolute Gasteiger partial charge is 0.336 e. The first-order chi connectivity index (χ1) is 7.72. The molecule has 0 spiro atoms. The third kappa shape index (κ3) is 2.20. The van der Waals surface area contributed by atoms with Crippen molar-refractivity contribution in [3.05, 3.63) is 34.3 Å². The minimum absolute atomic E-state index is 0.0320. The highest BCUT2D eigenvalue weighted by Crippen LogP contribution is 2.26. The molecule has 1 fully saturated rings. The Labute approximate surface area is 103 Å². The van der Waals surface area contributed by atoms with Gasteiger partial charge in [-0.15, -0.1) is 0 Å². The van der Waals surface area contributed by atoms with Gasteiger partial charge in [0.2, 0.25) is 0 Å². The van der Waals surface area contributed by atoms with Crippen molar-refractivity contribution in [3.63, 3.8) is 0 Å². The van der Waals surface area contributed by atoms with Crippen molar-refractivity contribution >= 4 is 22.0 Å². The summed E-state index contributed by atoms with van der Waals surface area (Å²) < 4.78 is 1.03. The maximum absolute atomic E-state index is 11.6. The van der Waals surface area contributed by atoms with Gasteiger partial charge in [0.15, 0.2) is 0 Å². The van der Waals surface area contributed by atoms with E-state index in [9.17, 15) is 4.79 Å². The number of hydrogen-bond donors (Lipinski definition) is 2. The van der Waals surface area contributed by atoms with Crippen molar-refractivity contribution in [2.75, 3.05) is 19.6 Å². The van der Waals surface area contributed by atoms with Gasteiger partial charge in [0.25, 0.3) is 0 Å². The van der Waals surface area contributed by atoms with Crippen molar-refractivity contribution in [2.45, 2.75) is 6.04 Å². The summed E-state index contributed by atoms with van der Waals surface area (Å²) in [5, 5.41) is 2.84. The molecule has 5 heteroatoms. The van der Waals surface area contributed by atoms with Gasteiger partial charge >= 0.3 is 6.03 Å². The number of carbonyl (C=O) groups excluding carboxylic acids is 1. The highest BCUT2D eigenvalue weighted by molar-refractivity contribution is 9.10. The molecule has 1 saturated heterocycles. The smallest absolute Gasteiger partial charge is 0.318 e. The van der Waals surface area contributed by atoms with Crippen molar-refractivity contribution < 1.29 is 4.79 Å². The minimum atomic E-state index is -0.0320. The molecular formula is C11H14BrN3O. The Hall–Kier alpha value is -1.07. The molecule has 0 aliphatic carbocycles. The first kappa shape index (κ1) is 11.4. The molecule has 4 nitrogen and oxygen atoms in total. The summed E-state index contributed by atoms with van der Waals surface area (Å²) in [6.45, 7) is 1.72. The number of benzene rings is 1. The highest BCUT2D eigenvalue weighted by Gasteiger charge is 2.30. The molecule has 1 aliphatic heterocycles. The van der Waals surface area contributed by atoms with E-state index in [4.69, 9.17) is 5.73 Å². The van der Waals surface area contributed by atoms with Crippen LogP contribution in [0.5, 0.6) is 0 Å². The molecule has 1 unspecified atom stereocenters. The van der Waals surface area contributed by atoms with Crippen molar-refractivity contribution in [1.29, 1.82) is 0 Å². The predicted molar refractivity (Wildman–Crippen MR) is 66.0 cm³/mol. The van der Waals surface area contributed by atoms with E-state index in [0.29, 0.717) is 19.6 Å². The van der Waals surface area contributed by atoms with E-state index in [2.05, 4.69) is 21.2 Å². The molecule has 0 saturated carbocycles. The van der Waals surface area contributed by atoms with Crippen LogP contribution in [0.15, 0.2) is 28.7 Å². The van der Waals surface area contributed by atoms with Crippen LogP contribution in [0, 0.1) is 0 Å². The van der Waals surface area contributed by atoms with Gasteiger partial charge in [-0.2, -0.15) is 0 Å². The van der Waals surface area contributed by atoms with Crippen LogP contribution in [-0.4, -0.2) is 30.6 Å². The standard InChI is InChI=1S/C11H14BrN3O/c12-9-3-1-2-8(6-9)10-7-14-11(16)15(10)5-4-13/h1-3,6,10H,4-5,7,13H2,(H,14,16). The first-order valence-electron chi connectivity index (χ1n) is 5.22. The summed E-state index contributed by atoms with van der Waals surface area (Å²) in [5.74, 6) is 0. The van der Waals surface area contributed by atoms with Crippen LogP contribution in [0.3, 0.4) is 0 Å². The summed E-state index contributed by atoms with van der Waals surface area (Å²) in [7, 11) is 0. The molecule has 0 radical (unpaired) electrons. The number of nitrogens with one attached hydrogen (secondary N) is 1. The molecule has 1 aliphatic rings. The van der Waals surface area contributed by atoms with Crippen LogP contribution < -0.4 is 11.1 Å². The van der Waals surface area contributed by atoms with Crippen LogP contribution in [0.25, 0.3) is 0 Å². The van der Waals surface area contributed by atoms with Gasteiger partial charge in [-0.05, 0) is 17.7 Å². The van der Waals surface area contributed by atoms with Gasteiger partial charge in [0, 0.05) is 24.1 Å². The Bertz CT molecular complexity index is 397. The minimum Gasteiger partial charge on any atom is -0.336 e. The van der Waals surface area contributed by atoms with Crippen LogP contribution >= 0.6 is 15.9 Å². The summed E-state index contributed by atoms with van der Waals surface area (Å²) in [5.41, 5.74) is 6.64. The molecule has 86 valence electrons. The summed E-state index contributed by atoms with van der Waals surface area (Å²) >= 11 is 3.43. The van der Waals surface area contributed by atoms with E-state index in [1.165, 1.54) is 0 Å². The van der Waals surface area contributed by atoms with Crippen LogP contribution in [-0.2, 0) is 0 Å². The van der Waals surface area contributed by atoms with Crippen molar-refractivity contribution in [2.24, 2.45) is 5.73 Å². The Balaban J connectivity index is 2.23. The number of urea groups is 1. The van der Waals surface area contributed by atoms with Crippen molar-refractivity contribution in [3.8, 4) is 0 Å². The first-order valence-corrected chi connectivity index (χ1v) is 6.01. The molecular weight excluding hydrogens is 270 g/mol. The average molecular weight is 284 g/mol. The zero-order valence-corrected chi connectivity index (χ0v) is 10.4. The number of amides is 2. The van der Waals surface area contributed by atoms with Gasteiger partial charge < -0.3 is 16.0 Å². The lowest BCUT2D eigenvalue weighted by Gasteiger charge is -2.22. The molecule has 1 aromatic carbocycles. The summed E-state index contributed by atoms with van der Waals surface area (Å²) in [6, 6.07) is 8.07. The van der Waals surface area contributed by atoms with Gasteiger partial charge in [-0.1, -0.05) is 28.1 Å². The number of nitrogens with zero attached hydrogens (tertiary/aromatic N) is 1. The second-order valence-corrected chi connectivity index (χ2v) is 4.65. The molecule has 0 aromatic heterocycles. The number of hydrogen-bond acceptors (Lipinski definition) is 2. The normalized spacial score (nSPS) is 20.0. The van der Waals surface area contributed by atoms with E-state index < -0.39 is 0 Å². The van der Waals surface area contributed by atoms with Crippen molar-refractivity contribution in [1.82, 2.24) is 10.2 Å². The zero-order chi connectivity index (χ0) is 11.5. The van der Waals surface area contributed by atoms with Gasteiger partial charge in [-0.25, -0.2) is 4.79 Å². The Morgan fingerprint density at radius 3 is 3.06 bits per heavy atom. The van der Waals surface area contributed by atoms with Gasteiger partial charge in [-0.3, -0.25) is 0 Å². The maximum Gasteiger partial charge on any atom is 0.318 e. The zero-order valence-electron chi connectivity index (χ0n) is 8.82. The lowest BCUT2D eigenvalue weighted by molar-refractivity contribution is 0.206. The van der Waals surface area contributed by atoms with Gasteiger partial charge in [0.1, 0.15) is 0 Å². The van der Waals surface area contributed by atoms with Crippen LogP contribution in [0.2, 0.25) is 0 Å². The van der Waals surface area contributed by atoms with E-state index in [1.807, 2.05) is 24.3 Å². The van der Waals surface area contributed by atoms with E-state index in [1.54, 1.807) is 4.90 Å². The quantitative estimate of drug-likeness (QED) is 0.883. The fourth-order valence-electron chi connectivity index (χ4n) is 1.95. The molecule has 2 rings (SSSR count). The summed E-state index contributed by atoms with van der Waals surface area (Å²) in [6.07, 6.45) is 0. The SMILES string of the molecule is NCCN1C(=O)NCC1c1cccc(Br)c1. The number of rotatable bonds is 3. The molecule has 1 aromatic rings. The average Bonchev–Trinajstić information content (AvgIpc) is 2.61. The van der Waals surface area contributed by atoms with E-state index in [-0.39, 0.29) is 12.1 Å². The number of carbonyl (C=O) groups is 1. The van der Waals surface area contributed by atoms with E-state index >= 15 is 0 Å². The monoisotopic (exact) mass is 283 g/mol. The third-order valence-electron chi connectivity index (χ3n) is 2.69. The predicted octanol–water partition coefficient (Wildman–Crippen LogP) is 1.47. The fraction of sp³-hybridized carbons (Fsp3) is 0.364. The topological polar surface area (TPSA) is 58.4 Å². The lowest BCUT2D eigenvalue weighted by Crippen LogP contribution is -2.34. The molecule has 1 heterocycles. The molecule has 2 amide bonds. The van der Waals surface area contributed by atoms with Crippen LogP contribution in [0.1, 0.15) is 11.6 Å². The highest BCUT2D eigenvalue weighted by atomic mass is 79.9. The Morgan fingerprint density at radius 1 is 1.56 bits per heavy atom. The molecule has 16 heavy (non-hydrogen) atoms. The second kappa shape index (κ2) is 4.84. The van der Waals surface area contributed by atoms with Gasteiger partial charge in [0.05, 0.1) is 6.04 Å². The van der Waals surface area contributed by atoms with Crippen LogP contribution in [0.4, 0.5) is 4.79 Å². The molecule has 1 atom stereocenters. The lowest BCUT2D eigenvalue weighted by atomic mass is 10.1. The maximum atomic E-state index is 11.6. The summed E-state index contributed by atoms with van der Waals surface area (Å²) in [4.78, 5) is 13.4. The Morgan fingerprint density at radius 2 is 2.38 bits per heavy atom. The number of nitrogens with two attached hydrogens (primary N) is 1. The van der Waals surface area contributed by atoms with E-state index in [0.717, 1.165) is 10.0 Å². The molecule has 3 N–H and O–H groups in total. The number of halogens is 1.